The molecule has 1 rings (SSSR count). The van der Waals surface area contributed by atoms with E-state index < -0.39 is 16.1 Å². The quantitative estimate of drug-likeness (QED) is 0.792. The molecule has 0 bridgehead atoms. The second-order valence-electron chi connectivity index (χ2n) is 4.46. The maximum absolute atomic E-state index is 11.6. The van der Waals surface area contributed by atoms with Crippen LogP contribution in [0.15, 0.2) is 0 Å². The minimum absolute atomic E-state index is 0.0116. The van der Waals surface area contributed by atoms with E-state index in [0.717, 1.165) is 25.7 Å². The molecule has 1 saturated heterocycles. The predicted molar refractivity (Wildman–Crippen MR) is 60.1 cm³/mol. The third-order valence-corrected chi connectivity index (χ3v) is 4.19. The molecule has 5 heteroatoms. The van der Waals surface area contributed by atoms with Crippen LogP contribution in [0.4, 0.5) is 0 Å². The predicted octanol–water partition coefficient (Wildman–Crippen LogP) is 0.962. The highest BCUT2D eigenvalue weighted by molar-refractivity contribution is 7.88. The highest BCUT2D eigenvalue weighted by Crippen LogP contribution is 2.22. The van der Waals surface area contributed by atoms with Gasteiger partial charge in [-0.15, -0.1) is 0 Å². The van der Waals surface area contributed by atoms with Crippen molar-refractivity contribution in [3.63, 3.8) is 0 Å². The van der Waals surface area contributed by atoms with Crippen molar-refractivity contribution in [2.75, 3.05) is 12.8 Å². The first-order valence-corrected chi connectivity index (χ1v) is 7.41. The molecule has 2 unspecified atom stereocenters. The van der Waals surface area contributed by atoms with Crippen LogP contribution in [0.1, 0.15) is 39.0 Å². The first-order valence-electron chi connectivity index (χ1n) is 5.56. The summed E-state index contributed by atoms with van der Waals surface area (Å²) in [6, 6.07) is -0.0116. The SMILES string of the molecule is CC(O)CC1CCCCCN1S(C)(=O)=O. The molecule has 1 fully saturated rings. The molecule has 0 aliphatic carbocycles. The standard InChI is InChI=1S/C10H21NO3S/c1-9(12)8-10-6-4-3-5-7-11(10)15(2,13)14/h9-10,12H,3-8H2,1-2H3. The molecule has 1 N–H and O–H groups in total. The highest BCUT2D eigenvalue weighted by atomic mass is 32.2. The molecule has 1 heterocycles. The van der Waals surface area contributed by atoms with Gasteiger partial charge in [-0.05, 0) is 26.2 Å². The van der Waals surface area contributed by atoms with E-state index in [-0.39, 0.29) is 6.04 Å². The summed E-state index contributed by atoms with van der Waals surface area (Å²) < 4.78 is 24.7. The third-order valence-electron chi connectivity index (χ3n) is 2.86. The molecule has 1 aliphatic heterocycles. The van der Waals surface area contributed by atoms with Crippen molar-refractivity contribution in [1.29, 1.82) is 0 Å². The summed E-state index contributed by atoms with van der Waals surface area (Å²) in [7, 11) is -3.12. The fraction of sp³-hybridized carbons (Fsp3) is 1.00. The topological polar surface area (TPSA) is 57.6 Å². The maximum Gasteiger partial charge on any atom is 0.211 e. The number of hydrogen-bond acceptors (Lipinski definition) is 3. The van der Waals surface area contributed by atoms with E-state index in [4.69, 9.17) is 0 Å². The van der Waals surface area contributed by atoms with E-state index in [9.17, 15) is 13.5 Å². The van der Waals surface area contributed by atoms with Crippen LogP contribution in [-0.4, -0.2) is 42.8 Å². The molecule has 90 valence electrons. The summed E-state index contributed by atoms with van der Waals surface area (Å²) in [5, 5.41) is 9.36. The van der Waals surface area contributed by atoms with Crippen LogP contribution in [0.25, 0.3) is 0 Å². The lowest BCUT2D eigenvalue weighted by molar-refractivity contribution is 0.147. The zero-order chi connectivity index (χ0) is 11.5. The molecule has 0 radical (unpaired) electrons. The Balaban J connectivity index is 2.76. The van der Waals surface area contributed by atoms with Crippen molar-refractivity contribution in [1.82, 2.24) is 4.31 Å². The molecule has 0 spiro atoms. The van der Waals surface area contributed by atoms with Gasteiger partial charge < -0.3 is 5.11 Å². The summed E-state index contributed by atoms with van der Waals surface area (Å²) in [4.78, 5) is 0. The maximum atomic E-state index is 11.6. The summed E-state index contributed by atoms with van der Waals surface area (Å²) in [6.07, 6.45) is 5.32. The van der Waals surface area contributed by atoms with Crippen molar-refractivity contribution < 1.29 is 13.5 Å². The summed E-state index contributed by atoms with van der Waals surface area (Å²) in [6.45, 7) is 2.32. The minimum Gasteiger partial charge on any atom is -0.393 e. The largest absolute Gasteiger partial charge is 0.393 e. The number of hydrogen-bond donors (Lipinski definition) is 1. The summed E-state index contributed by atoms with van der Waals surface area (Å²) in [5.41, 5.74) is 0. The molecular formula is C10H21NO3S. The van der Waals surface area contributed by atoms with Crippen molar-refractivity contribution in [2.45, 2.75) is 51.2 Å². The Hall–Kier alpha value is -0.130. The Labute approximate surface area is 92.3 Å². The smallest absolute Gasteiger partial charge is 0.211 e. The second kappa shape index (κ2) is 5.27. The first kappa shape index (κ1) is 12.9. The summed E-state index contributed by atoms with van der Waals surface area (Å²) in [5.74, 6) is 0. The average Bonchev–Trinajstić information content (AvgIpc) is 2.27. The van der Waals surface area contributed by atoms with Gasteiger partial charge in [0.05, 0.1) is 12.4 Å². The Kier molecular flexibility index (Phi) is 4.55. The molecule has 0 aromatic rings. The van der Waals surface area contributed by atoms with E-state index in [0.29, 0.717) is 13.0 Å². The van der Waals surface area contributed by atoms with Gasteiger partial charge >= 0.3 is 0 Å². The van der Waals surface area contributed by atoms with Crippen LogP contribution in [0, 0.1) is 0 Å². The van der Waals surface area contributed by atoms with E-state index in [1.165, 1.54) is 6.26 Å². The Bertz CT molecular complexity index is 287. The van der Waals surface area contributed by atoms with Crippen LogP contribution < -0.4 is 0 Å². The second-order valence-corrected chi connectivity index (χ2v) is 6.40. The number of aliphatic hydroxyl groups excluding tert-OH is 1. The van der Waals surface area contributed by atoms with Crippen molar-refractivity contribution >= 4 is 10.0 Å². The number of nitrogens with zero attached hydrogens (tertiary/aromatic N) is 1. The fourth-order valence-corrected chi connectivity index (χ4v) is 3.41. The number of rotatable bonds is 3. The van der Waals surface area contributed by atoms with Crippen LogP contribution in [0.3, 0.4) is 0 Å². The van der Waals surface area contributed by atoms with Gasteiger partial charge in [-0.1, -0.05) is 12.8 Å². The van der Waals surface area contributed by atoms with E-state index in [2.05, 4.69) is 0 Å². The Morgan fingerprint density at radius 1 is 1.40 bits per heavy atom. The molecule has 1 aliphatic rings. The zero-order valence-electron chi connectivity index (χ0n) is 9.52. The minimum atomic E-state index is -3.12. The van der Waals surface area contributed by atoms with Crippen molar-refractivity contribution in [2.24, 2.45) is 0 Å². The normalized spacial score (nSPS) is 27.3. The van der Waals surface area contributed by atoms with Gasteiger partial charge in [-0.2, -0.15) is 4.31 Å². The molecule has 0 amide bonds. The molecule has 4 nitrogen and oxygen atoms in total. The molecule has 0 aromatic heterocycles. The fourth-order valence-electron chi connectivity index (χ4n) is 2.22. The van der Waals surface area contributed by atoms with Crippen molar-refractivity contribution in [3.05, 3.63) is 0 Å². The molecule has 2 atom stereocenters. The molecule has 0 saturated carbocycles. The summed E-state index contributed by atoms with van der Waals surface area (Å²) >= 11 is 0. The van der Waals surface area contributed by atoms with E-state index in [1.54, 1.807) is 11.2 Å². The lowest BCUT2D eigenvalue weighted by Crippen LogP contribution is -2.40. The van der Waals surface area contributed by atoms with Gasteiger partial charge in [0, 0.05) is 12.6 Å². The monoisotopic (exact) mass is 235 g/mol. The van der Waals surface area contributed by atoms with Gasteiger partial charge in [0.15, 0.2) is 0 Å². The average molecular weight is 235 g/mol. The van der Waals surface area contributed by atoms with Gasteiger partial charge in [0.2, 0.25) is 10.0 Å². The Morgan fingerprint density at radius 3 is 2.60 bits per heavy atom. The van der Waals surface area contributed by atoms with E-state index >= 15 is 0 Å². The van der Waals surface area contributed by atoms with Gasteiger partial charge in [-0.3, -0.25) is 0 Å². The van der Waals surface area contributed by atoms with Gasteiger partial charge in [0.1, 0.15) is 0 Å². The van der Waals surface area contributed by atoms with Crippen LogP contribution in [0.2, 0.25) is 0 Å². The van der Waals surface area contributed by atoms with Gasteiger partial charge in [-0.25, -0.2) is 8.42 Å². The van der Waals surface area contributed by atoms with E-state index in [1.807, 2.05) is 0 Å². The zero-order valence-corrected chi connectivity index (χ0v) is 10.3. The number of aliphatic hydroxyl groups is 1. The van der Waals surface area contributed by atoms with Crippen molar-refractivity contribution in [3.8, 4) is 0 Å². The van der Waals surface area contributed by atoms with Gasteiger partial charge in [0.25, 0.3) is 0 Å². The molecular weight excluding hydrogens is 214 g/mol. The Morgan fingerprint density at radius 2 is 2.07 bits per heavy atom. The third kappa shape index (κ3) is 4.09. The van der Waals surface area contributed by atoms with Crippen LogP contribution in [-0.2, 0) is 10.0 Å². The lowest BCUT2D eigenvalue weighted by atomic mass is 10.1. The van der Waals surface area contributed by atoms with Crippen LogP contribution in [0.5, 0.6) is 0 Å². The molecule has 0 aromatic carbocycles. The lowest BCUT2D eigenvalue weighted by Gasteiger charge is -2.28. The molecule has 15 heavy (non-hydrogen) atoms. The number of sulfonamides is 1. The van der Waals surface area contributed by atoms with Crippen LogP contribution >= 0.6 is 0 Å². The highest BCUT2D eigenvalue weighted by Gasteiger charge is 2.28. The first-order chi connectivity index (χ1) is 6.91.